The summed E-state index contributed by atoms with van der Waals surface area (Å²) in [7, 11) is 0. The van der Waals surface area contributed by atoms with Crippen molar-refractivity contribution in [2.75, 3.05) is 0 Å². The predicted octanol–water partition coefficient (Wildman–Crippen LogP) is 13.4. The molecule has 8 aromatic carbocycles. The fraction of sp³-hybridized carbons (Fsp3) is 0.0400. The summed E-state index contributed by atoms with van der Waals surface area (Å²) in [6, 6.07) is 58.0. The summed E-state index contributed by atoms with van der Waals surface area (Å²) in [5.74, 6) is 0.672. The van der Waals surface area contributed by atoms with Crippen molar-refractivity contribution < 1.29 is 4.42 Å². The van der Waals surface area contributed by atoms with Crippen molar-refractivity contribution in [2.24, 2.45) is 0 Å². The Morgan fingerprint density at radius 1 is 0.463 bits per heavy atom. The highest BCUT2D eigenvalue weighted by molar-refractivity contribution is 6.29. The number of benzene rings is 8. The van der Waals surface area contributed by atoms with Crippen molar-refractivity contribution in [3.05, 3.63) is 175 Å². The smallest absolute Gasteiger partial charge is 0.161 e. The van der Waals surface area contributed by atoms with Gasteiger partial charge < -0.3 is 8.98 Å². The Morgan fingerprint density at radius 2 is 1.06 bits per heavy atom. The third-order valence-corrected chi connectivity index (χ3v) is 11.1. The molecule has 54 heavy (non-hydrogen) atoms. The zero-order chi connectivity index (χ0) is 35.9. The Labute approximate surface area is 311 Å². The lowest BCUT2D eigenvalue weighted by Gasteiger charge is -2.15. The summed E-state index contributed by atoms with van der Waals surface area (Å²) in [4.78, 5) is 10.7. The molecule has 4 heteroatoms. The lowest BCUT2D eigenvalue weighted by Crippen LogP contribution is -2.01. The average Bonchev–Trinajstić information content (AvgIpc) is 3.78. The van der Waals surface area contributed by atoms with Gasteiger partial charge in [0.1, 0.15) is 5.58 Å². The van der Waals surface area contributed by atoms with Crippen molar-refractivity contribution >= 4 is 65.3 Å². The first-order valence-corrected chi connectivity index (χ1v) is 18.4. The van der Waals surface area contributed by atoms with Gasteiger partial charge >= 0.3 is 0 Å². The minimum Gasteiger partial charge on any atom is -0.454 e. The van der Waals surface area contributed by atoms with Crippen LogP contribution in [0.25, 0.3) is 105 Å². The third kappa shape index (κ3) is 4.44. The van der Waals surface area contributed by atoms with Crippen molar-refractivity contribution in [2.45, 2.75) is 13.8 Å². The summed E-state index contributed by atoms with van der Waals surface area (Å²) < 4.78 is 9.33. The number of rotatable bonds is 4. The van der Waals surface area contributed by atoms with Crippen LogP contribution in [0.3, 0.4) is 0 Å². The van der Waals surface area contributed by atoms with Crippen LogP contribution < -0.4 is 0 Å². The van der Waals surface area contributed by atoms with Gasteiger partial charge in [-0.3, -0.25) is 0 Å². The lowest BCUT2D eigenvalue weighted by atomic mass is 9.97. The molecular formula is C50H33N3O. The first-order chi connectivity index (χ1) is 26.6. The molecule has 3 aromatic heterocycles. The molecule has 0 fully saturated rings. The first kappa shape index (κ1) is 30.6. The van der Waals surface area contributed by atoms with Crippen LogP contribution in [-0.2, 0) is 0 Å². The van der Waals surface area contributed by atoms with E-state index < -0.39 is 0 Å². The molecule has 3 heterocycles. The van der Waals surface area contributed by atoms with E-state index in [4.69, 9.17) is 14.4 Å². The molecule has 0 saturated heterocycles. The number of para-hydroxylation sites is 1. The summed E-state index contributed by atoms with van der Waals surface area (Å²) in [5.41, 5.74) is 12.1. The van der Waals surface area contributed by atoms with E-state index in [-0.39, 0.29) is 0 Å². The first-order valence-electron chi connectivity index (χ1n) is 18.4. The van der Waals surface area contributed by atoms with Crippen LogP contribution in [-0.4, -0.2) is 14.5 Å². The second-order valence-corrected chi connectivity index (χ2v) is 14.2. The van der Waals surface area contributed by atoms with Crippen LogP contribution in [0, 0.1) is 13.8 Å². The van der Waals surface area contributed by atoms with Crippen molar-refractivity contribution in [3.8, 4) is 39.6 Å². The van der Waals surface area contributed by atoms with Gasteiger partial charge in [-0.25, -0.2) is 9.97 Å². The second kappa shape index (κ2) is 11.7. The van der Waals surface area contributed by atoms with Gasteiger partial charge in [0.2, 0.25) is 0 Å². The standard InChI is InChI=1S/C50H33N3O/c1-30-14-6-9-19-35(30)48-31(2)47(34-17-4-3-5-18-34)51-50(52-48)39-23-13-25-43-44(39)38-22-12-24-42(49(38)54-43)53-40-28-26-32-15-7-10-20-36(32)45(40)46-37-21-11-8-16-33(37)27-29-41(46)53/h3-29H,1-2H3. The van der Waals surface area contributed by atoms with Gasteiger partial charge in [-0.2, -0.15) is 0 Å². The summed E-state index contributed by atoms with van der Waals surface area (Å²) in [5, 5.41) is 9.46. The molecular weight excluding hydrogens is 659 g/mol. The van der Waals surface area contributed by atoms with E-state index in [0.29, 0.717) is 5.82 Å². The highest BCUT2D eigenvalue weighted by Gasteiger charge is 2.23. The highest BCUT2D eigenvalue weighted by atomic mass is 16.3. The highest BCUT2D eigenvalue weighted by Crippen LogP contribution is 2.44. The predicted molar refractivity (Wildman–Crippen MR) is 224 cm³/mol. The Kier molecular flexibility index (Phi) is 6.65. The lowest BCUT2D eigenvalue weighted by molar-refractivity contribution is 0.666. The molecule has 0 radical (unpaired) electrons. The summed E-state index contributed by atoms with van der Waals surface area (Å²) in [6.45, 7) is 4.27. The van der Waals surface area contributed by atoms with Gasteiger partial charge in [-0.1, -0.05) is 140 Å². The monoisotopic (exact) mass is 691 g/mol. The van der Waals surface area contributed by atoms with Crippen molar-refractivity contribution in [1.82, 2.24) is 14.5 Å². The number of hydrogen-bond donors (Lipinski definition) is 0. The number of furan rings is 1. The molecule has 0 saturated carbocycles. The largest absolute Gasteiger partial charge is 0.454 e. The number of aromatic nitrogens is 3. The number of aryl methyl sites for hydroxylation is 1. The average molecular weight is 692 g/mol. The molecule has 0 spiro atoms. The topological polar surface area (TPSA) is 43.9 Å². The Hall–Kier alpha value is -7.04. The van der Waals surface area contributed by atoms with Crippen LogP contribution in [0.1, 0.15) is 11.1 Å². The summed E-state index contributed by atoms with van der Waals surface area (Å²) >= 11 is 0. The maximum Gasteiger partial charge on any atom is 0.161 e. The van der Waals surface area contributed by atoms with E-state index in [1.807, 2.05) is 6.07 Å². The van der Waals surface area contributed by atoms with Gasteiger partial charge in [0.25, 0.3) is 0 Å². The molecule has 0 amide bonds. The van der Waals surface area contributed by atoms with Crippen LogP contribution >= 0.6 is 0 Å². The Morgan fingerprint density at radius 3 is 1.78 bits per heavy atom. The molecule has 0 aliphatic rings. The zero-order valence-corrected chi connectivity index (χ0v) is 29.8. The van der Waals surface area contributed by atoms with Gasteiger partial charge in [0.15, 0.2) is 11.4 Å². The fourth-order valence-electron chi connectivity index (χ4n) is 8.62. The van der Waals surface area contributed by atoms with Gasteiger partial charge in [0, 0.05) is 43.8 Å². The van der Waals surface area contributed by atoms with Crippen molar-refractivity contribution in [3.63, 3.8) is 0 Å². The van der Waals surface area contributed by atoms with Gasteiger partial charge in [-0.05, 0) is 65.2 Å². The summed E-state index contributed by atoms with van der Waals surface area (Å²) in [6.07, 6.45) is 0. The Bertz CT molecular complexity index is 3200. The SMILES string of the molecule is Cc1ccccc1-c1nc(-c2cccc3oc4c(-n5c6ccc7ccccc7c6c6c7ccccc7ccc65)cccc4c23)nc(-c2ccccc2)c1C. The third-order valence-electron chi connectivity index (χ3n) is 11.1. The fourth-order valence-corrected chi connectivity index (χ4v) is 8.62. The molecule has 0 aliphatic carbocycles. The quantitative estimate of drug-likeness (QED) is 0.184. The molecule has 0 atom stereocenters. The van der Waals surface area contributed by atoms with Crippen molar-refractivity contribution in [1.29, 1.82) is 0 Å². The van der Waals surface area contributed by atoms with E-state index in [9.17, 15) is 0 Å². The Balaban J connectivity index is 1.22. The van der Waals surface area contributed by atoms with E-state index in [1.165, 1.54) is 37.9 Å². The van der Waals surface area contributed by atoms with Gasteiger partial charge in [0.05, 0.1) is 28.1 Å². The van der Waals surface area contributed by atoms with E-state index >= 15 is 0 Å². The van der Waals surface area contributed by atoms with E-state index in [1.54, 1.807) is 0 Å². The maximum atomic E-state index is 6.94. The van der Waals surface area contributed by atoms with Crippen LogP contribution in [0.2, 0.25) is 0 Å². The van der Waals surface area contributed by atoms with Crippen LogP contribution in [0.4, 0.5) is 0 Å². The second-order valence-electron chi connectivity index (χ2n) is 14.2. The number of nitrogens with zero attached hydrogens (tertiary/aromatic N) is 3. The minimum absolute atomic E-state index is 0.672. The zero-order valence-electron chi connectivity index (χ0n) is 29.8. The minimum atomic E-state index is 0.672. The molecule has 254 valence electrons. The molecule has 0 bridgehead atoms. The molecule has 0 unspecified atom stereocenters. The molecule has 4 nitrogen and oxygen atoms in total. The number of hydrogen-bond acceptors (Lipinski definition) is 3. The number of fused-ring (bicyclic) bond motifs is 10. The molecule has 11 aromatic rings. The normalized spacial score (nSPS) is 11.9. The van der Waals surface area contributed by atoms with E-state index in [0.717, 1.165) is 72.3 Å². The van der Waals surface area contributed by atoms with Gasteiger partial charge in [-0.15, -0.1) is 0 Å². The molecule has 0 N–H and O–H groups in total. The molecule has 11 rings (SSSR count). The maximum absolute atomic E-state index is 6.94. The molecule has 0 aliphatic heterocycles. The van der Waals surface area contributed by atoms with E-state index in [2.05, 4.69) is 176 Å². The van der Waals surface area contributed by atoms with Crippen LogP contribution in [0.15, 0.2) is 168 Å². The van der Waals surface area contributed by atoms with Crippen LogP contribution in [0.5, 0.6) is 0 Å².